The van der Waals surface area contributed by atoms with Gasteiger partial charge in [-0.1, -0.05) is 24.3 Å². The second-order valence-electron chi connectivity index (χ2n) is 7.35. The van der Waals surface area contributed by atoms with Gasteiger partial charge in [0.25, 0.3) is 11.8 Å². The summed E-state index contributed by atoms with van der Waals surface area (Å²) in [7, 11) is 0. The Morgan fingerprint density at radius 1 is 1.03 bits per heavy atom. The number of fused-ring (bicyclic) bond motifs is 1. The van der Waals surface area contributed by atoms with Crippen LogP contribution in [-0.4, -0.2) is 36.5 Å². The van der Waals surface area contributed by atoms with E-state index in [2.05, 4.69) is 15.8 Å². The van der Waals surface area contributed by atoms with E-state index in [0.29, 0.717) is 40.5 Å². The molecule has 0 aliphatic carbocycles. The van der Waals surface area contributed by atoms with Crippen molar-refractivity contribution in [2.24, 2.45) is 5.10 Å². The van der Waals surface area contributed by atoms with Crippen molar-refractivity contribution in [3.05, 3.63) is 89.1 Å². The predicted molar refractivity (Wildman–Crippen MR) is 129 cm³/mol. The summed E-state index contributed by atoms with van der Waals surface area (Å²) >= 11 is 0. The molecule has 0 saturated carbocycles. The fraction of sp³-hybridized carbons (Fsp3) is 0.115. The van der Waals surface area contributed by atoms with Crippen molar-refractivity contribution in [2.75, 3.05) is 13.4 Å². The number of hydrogen-bond acceptors (Lipinski definition) is 7. The van der Waals surface area contributed by atoms with E-state index in [1.165, 1.54) is 18.4 Å². The Morgan fingerprint density at radius 2 is 1.80 bits per heavy atom. The minimum Gasteiger partial charge on any atom is -0.504 e. The highest BCUT2D eigenvalue weighted by Gasteiger charge is 2.17. The van der Waals surface area contributed by atoms with Crippen molar-refractivity contribution < 1.29 is 28.9 Å². The summed E-state index contributed by atoms with van der Waals surface area (Å²) in [5, 5.41) is 16.4. The molecule has 0 radical (unpaired) electrons. The minimum absolute atomic E-state index is 0.00519. The summed E-state index contributed by atoms with van der Waals surface area (Å²) in [6, 6.07) is 18.4. The summed E-state index contributed by atoms with van der Waals surface area (Å²) in [6.45, 7) is 2.32. The van der Waals surface area contributed by atoms with Crippen LogP contribution >= 0.6 is 0 Å². The summed E-state index contributed by atoms with van der Waals surface area (Å²) in [6.07, 6.45) is 2.92. The molecule has 0 unspecified atom stereocenters. The molecule has 2 amide bonds. The van der Waals surface area contributed by atoms with E-state index in [4.69, 9.17) is 14.2 Å². The Bertz CT molecular complexity index is 1290. The van der Waals surface area contributed by atoms with Gasteiger partial charge in [-0.05, 0) is 66.6 Å². The van der Waals surface area contributed by atoms with Crippen molar-refractivity contribution in [2.45, 2.75) is 6.92 Å². The van der Waals surface area contributed by atoms with E-state index in [9.17, 15) is 14.7 Å². The van der Waals surface area contributed by atoms with Crippen LogP contribution in [0.5, 0.6) is 23.0 Å². The summed E-state index contributed by atoms with van der Waals surface area (Å²) in [4.78, 5) is 25.6. The van der Waals surface area contributed by atoms with E-state index in [-0.39, 0.29) is 18.2 Å². The van der Waals surface area contributed by atoms with Crippen LogP contribution in [0.2, 0.25) is 0 Å². The minimum atomic E-state index is -0.632. The number of carbonyl (C=O) groups excluding carboxylic acids is 2. The van der Waals surface area contributed by atoms with Crippen LogP contribution in [0.15, 0.2) is 77.5 Å². The number of aromatic hydroxyl groups is 1. The molecule has 178 valence electrons. The van der Waals surface area contributed by atoms with Gasteiger partial charge in [0.05, 0.1) is 12.8 Å². The normalized spacial score (nSPS) is 12.4. The molecule has 0 bridgehead atoms. The monoisotopic (exact) mass is 473 g/mol. The number of nitrogens with zero attached hydrogens (tertiary/aromatic N) is 1. The highest BCUT2D eigenvalue weighted by Crippen LogP contribution is 2.33. The second kappa shape index (κ2) is 10.9. The molecular weight excluding hydrogens is 450 g/mol. The van der Waals surface area contributed by atoms with Gasteiger partial charge in [0.2, 0.25) is 6.79 Å². The third-order valence-corrected chi connectivity index (χ3v) is 4.90. The van der Waals surface area contributed by atoms with Crippen molar-refractivity contribution in [1.29, 1.82) is 0 Å². The lowest BCUT2D eigenvalue weighted by molar-refractivity contribution is -0.117. The zero-order valence-electron chi connectivity index (χ0n) is 18.9. The maximum atomic E-state index is 12.9. The fourth-order valence-corrected chi connectivity index (χ4v) is 3.22. The Hall–Kier alpha value is -4.79. The van der Waals surface area contributed by atoms with Crippen molar-refractivity contribution in [3.63, 3.8) is 0 Å². The number of phenolic OH excluding ortho intramolecular Hbond substituents is 1. The summed E-state index contributed by atoms with van der Waals surface area (Å²) in [5.41, 5.74) is 4.01. The third kappa shape index (κ3) is 5.97. The van der Waals surface area contributed by atoms with Gasteiger partial charge in [-0.3, -0.25) is 9.59 Å². The van der Waals surface area contributed by atoms with Gasteiger partial charge < -0.3 is 24.6 Å². The first-order valence-electron chi connectivity index (χ1n) is 10.8. The number of rotatable bonds is 8. The summed E-state index contributed by atoms with van der Waals surface area (Å²) in [5.74, 6) is 0.380. The van der Waals surface area contributed by atoms with E-state index in [1.807, 2.05) is 0 Å². The van der Waals surface area contributed by atoms with Crippen molar-refractivity contribution in [1.82, 2.24) is 10.7 Å². The Balaban J connectivity index is 1.54. The smallest absolute Gasteiger partial charge is 0.287 e. The molecule has 9 nitrogen and oxygen atoms in total. The average Bonchev–Trinajstić information content (AvgIpc) is 3.34. The molecule has 3 aromatic carbocycles. The first kappa shape index (κ1) is 23.4. The molecule has 0 fully saturated rings. The Labute approximate surface area is 201 Å². The Kier molecular flexibility index (Phi) is 7.27. The fourth-order valence-electron chi connectivity index (χ4n) is 3.22. The molecule has 1 aliphatic heterocycles. The number of phenols is 1. The number of benzene rings is 3. The summed E-state index contributed by atoms with van der Waals surface area (Å²) < 4.78 is 16.1. The van der Waals surface area contributed by atoms with Crippen LogP contribution in [0.1, 0.15) is 28.4 Å². The molecule has 3 N–H and O–H groups in total. The quantitative estimate of drug-likeness (QED) is 0.262. The largest absolute Gasteiger partial charge is 0.504 e. The molecule has 9 heteroatoms. The molecule has 0 aromatic heterocycles. The predicted octanol–water partition coefficient (Wildman–Crippen LogP) is 3.44. The van der Waals surface area contributed by atoms with E-state index in [0.717, 1.165) is 0 Å². The standard InChI is InChI=1S/C26H23N3O6/c1-2-33-23-14-18(8-10-21(23)30)15-27-29-26(32)20(28-25(31)19-6-4-3-5-7-19)12-17-9-11-22-24(13-17)35-16-34-22/h3-15,30H,2,16H2,1H3,(H,28,31)(H,29,32)/b20-12-,27-15+. The number of nitrogens with one attached hydrogen (secondary N) is 2. The van der Waals surface area contributed by atoms with Crippen molar-refractivity contribution >= 4 is 24.1 Å². The molecular formula is C26H23N3O6. The highest BCUT2D eigenvalue weighted by molar-refractivity contribution is 6.05. The zero-order valence-corrected chi connectivity index (χ0v) is 18.9. The first-order valence-corrected chi connectivity index (χ1v) is 10.8. The number of ether oxygens (including phenoxy) is 3. The van der Waals surface area contributed by atoms with Crippen molar-refractivity contribution in [3.8, 4) is 23.0 Å². The molecule has 0 spiro atoms. The molecule has 1 aliphatic rings. The van der Waals surface area contributed by atoms with Gasteiger partial charge in [-0.25, -0.2) is 5.43 Å². The number of hydrogen-bond donors (Lipinski definition) is 3. The Morgan fingerprint density at radius 3 is 2.60 bits per heavy atom. The van der Waals surface area contributed by atoms with Gasteiger partial charge in [0.15, 0.2) is 23.0 Å². The van der Waals surface area contributed by atoms with Gasteiger partial charge >= 0.3 is 0 Å². The number of carbonyl (C=O) groups is 2. The van der Waals surface area contributed by atoms with Crippen LogP contribution in [0.25, 0.3) is 6.08 Å². The third-order valence-electron chi connectivity index (χ3n) is 4.90. The first-order chi connectivity index (χ1) is 17.0. The molecule has 4 rings (SSSR count). The van der Waals surface area contributed by atoms with Gasteiger partial charge in [-0.2, -0.15) is 5.10 Å². The number of hydrazone groups is 1. The molecule has 3 aromatic rings. The molecule has 0 atom stereocenters. The van der Waals surface area contributed by atoms with Crippen LogP contribution in [0.3, 0.4) is 0 Å². The van der Waals surface area contributed by atoms with Gasteiger partial charge in [0.1, 0.15) is 5.70 Å². The lowest BCUT2D eigenvalue weighted by Crippen LogP contribution is -2.32. The lowest BCUT2D eigenvalue weighted by atomic mass is 10.1. The SMILES string of the molecule is CCOc1cc(/C=N/NC(=O)/C(=C/c2ccc3c(c2)OCO3)NC(=O)c2ccccc2)ccc1O. The van der Waals surface area contributed by atoms with Crippen LogP contribution in [0, 0.1) is 0 Å². The average molecular weight is 473 g/mol. The maximum Gasteiger partial charge on any atom is 0.287 e. The molecule has 1 heterocycles. The number of amides is 2. The van der Waals surface area contributed by atoms with E-state index in [1.54, 1.807) is 67.6 Å². The second-order valence-corrected chi connectivity index (χ2v) is 7.35. The maximum absolute atomic E-state index is 12.9. The van der Waals surface area contributed by atoms with Gasteiger partial charge in [-0.15, -0.1) is 0 Å². The topological polar surface area (TPSA) is 118 Å². The van der Waals surface area contributed by atoms with Crippen LogP contribution in [0.4, 0.5) is 0 Å². The van der Waals surface area contributed by atoms with Crippen LogP contribution in [-0.2, 0) is 4.79 Å². The highest BCUT2D eigenvalue weighted by atomic mass is 16.7. The van der Waals surface area contributed by atoms with E-state index >= 15 is 0 Å². The van der Waals surface area contributed by atoms with E-state index < -0.39 is 11.8 Å². The van der Waals surface area contributed by atoms with Crippen LogP contribution < -0.4 is 25.0 Å². The zero-order chi connectivity index (χ0) is 24.6. The van der Waals surface area contributed by atoms with Gasteiger partial charge in [0, 0.05) is 5.56 Å². The lowest BCUT2D eigenvalue weighted by Gasteiger charge is -2.10. The molecule has 0 saturated heterocycles. The molecule has 35 heavy (non-hydrogen) atoms.